The summed E-state index contributed by atoms with van der Waals surface area (Å²) in [6.45, 7) is 14.2. The maximum atomic E-state index is 13.1. The van der Waals surface area contributed by atoms with Gasteiger partial charge in [-0.1, -0.05) is 338 Å². The lowest BCUT2D eigenvalue weighted by molar-refractivity contribution is -0.161. The molecule has 0 heterocycles. The standard InChI is InChI=1S/C77H150O17P2/c1-9-69(7)55-47-39-31-25-19-13-11-12-14-20-27-33-43-51-59-76(81)94-73(64-88-75(80)58-50-42-36-35-40-48-56-70(8)10-2)66-92-96(85,86)90-62-71(78)61-89-95(83,84)91-65-72(93-77(82)60-52-44-34-28-22-16-18-24-30-38-46-54-68(5)6)63-87-74(79)57-49-41-32-26-21-15-17-23-29-37-45-53-67(3)4/h67-73,78H,9-66H2,1-8H3,(H,83,84)(H,85,86)/t69?,70?,71-,72-,73-/m1/s1. The Morgan fingerprint density at radius 1 is 0.292 bits per heavy atom. The van der Waals surface area contributed by atoms with Crippen LogP contribution in [0.15, 0.2) is 0 Å². The molecule has 17 nitrogen and oxygen atoms in total. The van der Waals surface area contributed by atoms with Crippen molar-refractivity contribution in [3.05, 3.63) is 0 Å². The van der Waals surface area contributed by atoms with Gasteiger partial charge in [0.15, 0.2) is 12.2 Å². The Morgan fingerprint density at radius 2 is 0.500 bits per heavy atom. The van der Waals surface area contributed by atoms with Gasteiger partial charge in [0.1, 0.15) is 19.3 Å². The molecule has 96 heavy (non-hydrogen) atoms. The molecule has 0 aliphatic rings. The highest BCUT2D eigenvalue weighted by Gasteiger charge is 2.30. The van der Waals surface area contributed by atoms with Crippen LogP contribution in [-0.2, 0) is 65.4 Å². The zero-order valence-electron chi connectivity index (χ0n) is 63.0. The topological polar surface area (TPSA) is 237 Å². The number of aliphatic hydroxyl groups is 1. The fourth-order valence-electron chi connectivity index (χ4n) is 11.7. The first kappa shape index (κ1) is 94.1. The SMILES string of the molecule is CCC(C)CCCCCCCCCCCCCCCCC(=O)O[C@H](COC(=O)CCCCCCCCC(C)CC)COP(=O)(O)OC[C@H](O)COP(=O)(O)OC[C@@H](COC(=O)CCCCCCCCCCCCCC(C)C)OC(=O)CCCCCCCCCCCCCC(C)C. The van der Waals surface area contributed by atoms with Gasteiger partial charge in [0.2, 0.25) is 0 Å². The fourth-order valence-corrected chi connectivity index (χ4v) is 13.2. The lowest BCUT2D eigenvalue weighted by atomic mass is 9.99. The number of phosphoric ester groups is 2. The van der Waals surface area contributed by atoms with Crippen molar-refractivity contribution in [1.82, 2.24) is 0 Å². The van der Waals surface area contributed by atoms with Gasteiger partial charge in [-0.05, 0) is 49.4 Å². The Bertz CT molecular complexity index is 1890. The molecule has 0 amide bonds. The third-order valence-corrected chi connectivity index (χ3v) is 20.4. The van der Waals surface area contributed by atoms with Crippen LogP contribution in [0.3, 0.4) is 0 Å². The molecule has 0 spiro atoms. The van der Waals surface area contributed by atoms with Gasteiger partial charge in [-0.3, -0.25) is 37.3 Å². The molecule has 0 rings (SSSR count). The molecule has 0 aromatic rings. The molecule has 0 aromatic carbocycles. The van der Waals surface area contributed by atoms with Gasteiger partial charge >= 0.3 is 39.5 Å². The van der Waals surface area contributed by atoms with Crippen LogP contribution in [0.1, 0.15) is 389 Å². The van der Waals surface area contributed by atoms with Crippen molar-refractivity contribution >= 4 is 39.5 Å². The quantitative estimate of drug-likeness (QED) is 0.0222. The summed E-state index contributed by atoms with van der Waals surface area (Å²) in [4.78, 5) is 72.9. The number of ether oxygens (including phenoxy) is 4. The zero-order chi connectivity index (χ0) is 71.0. The molecule has 0 aromatic heterocycles. The monoisotopic (exact) mass is 1410 g/mol. The first-order valence-corrected chi connectivity index (χ1v) is 42.8. The molecule has 3 N–H and O–H groups in total. The van der Waals surface area contributed by atoms with Crippen molar-refractivity contribution in [1.29, 1.82) is 0 Å². The number of hydrogen-bond donors (Lipinski definition) is 3. The molecule has 4 unspecified atom stereocenters. The maximum Gasteiger partial charge on any atom is 0.472 e. The summed E-state index contributed by atoms with van der Waals surface area (Å²) in [5.74, 6) is 0.993. The summed E-state index contributed by atoms with van der Waals surface area (Å²) in [5, 5.41) is 10.6. The molecular formula is C77H150O17P2. The van der Waals surface area contributed by atoms with Gasteiger partial charge < -0.3 is 33.8 Å². The van der Waals surface area contributed by atoms with E-state index in [0.717, 1.165) is 120 Å². The van der Waals surface area contributed by atoms with Crippen LogP contribution in [-0.4, -0.2) is 96.7 Å². The van der Waals surface area contributed by atoms with Crippen LogP contribution in [0.4, 0.5) is 0 Å². The van der Waals surface area contributed by atoms with Crippen LogP contribution in [0.2, 0.25) is 0 Å². The second-order valence-electron chi connectivity index (χ2n) is 29.2. The van der Waals surface area contributed by atoms with Gasteiger partial charge in [-0.2, -0.15) is 0 Å². The molecule has 570 valence electrons. The molecule has 0 saturated heterocycles. The number of hydrogen-bond acceptors (Lipinski definition) is 15. The normalized spacial score (nSPS) is 14.7. The molecule has 7 atom stereocenters. The van der Waals surface area contributed by atoms with Crippen LogP contribution in [0, 0.1) is 23.7 Å². The zero-order valence-corrected chi connectivity index (χ0v) is 64.8. The van der Waals surface area contributed by atoms with Gasteiger partial charge in [0.25, 0.3) is 0 Å². The molecular weight excluding hydrogens is 1260 g/mol. The predicted octanol–water partition coefficient (Wildman–Crippen LogP) is 22.4. The summed E-state index contributed by atoms with van der Waals surface area (Å²) in [7, 11) is -9.92. The Kier molecular flexibility index (Phi) is 65.0. The van der Waals surface area contributed by atoms with E-state index >= 15 is 0 Å². The van der Waals surface area contributed by atoms with Crippen molar-refractivity contribution in [3.8, 4) is 0 Å². The number of rotatable bonds is 74. The number of aliphatic hydroxyl groups excluding tert-OH is 1. The van der Waals surface area contributed by atoms with Crippen LogP contribution >= 0.6 is 15.6 Å². The van der Waals surface area contributed by atoms with Gasteiger partial charge in [0.05, 0.1) is 26.4 Å². The van der Waals surface area contributed by atoms with Crippen LogP contribution in [0.5, 0.6) is 0 Å². The lowest BCUT2D eigenvalue weighted by Crippen LogP contribution is -2.30. The number of carbonyl (C=O) groups is 4. The average molecular weight is 1410 g/mol. The van der Waals surface area contributed by atoms with E-state index in [9.17, 15) is 43.2 Å². The minimum atomic E-state index is -4.96. The summed E-state index contributed by atoms with van der Waals surface area (Å²) in [6, 6.07) is 0. The maximum absolute atomic E-state index is 13.1. The number of esters is 4. The molecule has 0 aliphatic carbocycles. The minimum absolute atomic E-state index is 0.106. The van der Waals surface area contributed by atoms with E-state index in [1.54, 1.807) is 0 Å². The van der Waals surface area contributed by atoms with Crippen molar-refractivity contribution < 1.29 is 80.2 Å². The Morgan fingerprint density at radius 3 is 0.740 bits per heavy atom. The fraction of sp³-hybridized carbons (Fsp3) is 0.948. The molecule has 0 fully saturated rings. The van der Waals surface area contributed by atoms with E-state index in [1.807, 2.05) is 0 Å². The first-order valence-electron chi connectivity index (χ1n) is 39.8. The summed E-state index contributed by atoms with van der Waals surface area (Å²) in [6.07, 6.45) is 51.2. The van der Waals surface area contributed by atoms with E-state index in [4.69, 9.17) is 37.0 Å². The minimum Gasteiger partial charge on any atom is -0.462 e. The van der Waals surface area contributed by atoms with Crippen molar-refractivity contribution in [3.63, 3.8) is 0 Å². The van der Waals surface area contributed by atoms with Crippen LogP contribution < -0.4 is 0 Å². The number of unbranched alkanes of at least 4 members (excludes halogenated alkanes) is 38. The third-order valence-electron chi connectivity index (χ3n) is 18.5. The van der Waals surface area contributed by atoms with Crippen molar-refractivity contribution in [2.45, 2.75) is 408 Å². The second-order valence-corrected chi connectivity index (χ2v) is 32.1. The molecule has 0 saturated carbocycles. The van der Waals surface area contributed by atoms with Gasteiger partial charge in [0, 0.05) is 25.7 Å². The smallest absolute Gasteiger partial charge is 0.462 e. The molecule has 0 radical (unpaired) electrons. The van der Waals surface area contributed by atoms with E-state index in [2.05, 4.69) is 55.4 Å². The van der Waals surface area contributed by atoms with Crippen molar-refractivity contribution in [2.24, 2.45) is 23.7 Å². The van der Waals surface area contributed by atoms with Crippen LogP contribution in [0.25, 0.3) is 0 Å². The van der Waals surface area contributed by atoms with Crippen molar-refractivity contribution in [2.75, 3.05) is 39.6 Å². The van der Waals surface area contributed by atoms with E-state index in [-0.39, 0.29) is 25.7 Å². The first-order chi connectivity index (χ1) is 46.2. The summed E-state index contributed by atoms with van der Waals surface area (Å²) >= 11 is 0. The second kappa shape index (κ2) is 66.3. The Balaban J connectivity index is 5.25. The largest absolute Gasteiger partial charge is 0.472 e. The molecule has 0 bridgehead atoms. The highest BCUT2D eigenvalue weighted by atomic mass is 31.2. The van der Waals surface area contributed by atoms with Gasteiger partial charge in [-0.15, -0.1) is 0 Å². The predicted molar refractivity (Wildman–Crippen MR) is 391 cm³/mol. The molecule has 0 aliphatic heterocycles. The highest BCUT2D eigenvalue weighted by molar-refractivity contribution is 7.47. The third kappa shape index (κ3) is 67.9. The average Bonchev–Trinajstić information content (AvgIpc) is 1.16. The Hall–Kier alpha value is -1.94. The number of phosphoric acid groups is 2. The van der Waals surface area contributed by atoms with Gasteiger partial charge in [-0.25, -0.2) is 9.13 Å². The van der Waals surface area contributed by atoms with E-state index < -0.39 is 97.5 Å². The lowest BCUT2D eigenvalue weighted by Gasteiger charge is -2.21. The Labute approximate surface area is 588 Å². The summed E-state index contributed by atoms with van der Waals surface area (Å²) in [5.41, 5.74) is 0. The van der Waals surface area contributed by atoms with E-state index in [0.29, 0.717) is 25.7 Å². The van der Waals surface area contributed by atoms with E-state index in [1.165, 1.54) is 186 Å². The summed E-state index contributed by atoms with van der Waals surface area (Å²) < 4.78 is 68.6. The highest BCUT2D eigenvalue weighted by Crippen LogP contribution is 2.45. The molecule has 19 heteroatoms. The number of carbonyl (C=O) groups excluding carboxylic acids is 4.